The molecule has 1 aliphatic rings. The molecule has 1 aromatic rings. The molecular formula is C15H19NO4S2. The Morgan fingerprint density at radius 3 is 3.05 bits per heavy atom. The Hall–Kier alpha value is -1.34. The zero-order valence-corrected chi connectivity index (χ0v) is 14.0. The van der Waals surface area contributed by atoms with Crippen LogP contribution in [0.25, 0.3) is 0 Å². The first-order chi connectivity index (χ1) is 10.6. The van der Waals surface area contributed by atoms with Crippen molar-refractivity contribution in [3.8, 4) is 5.75 Å². The number of benzene rings is 1. The number of amides is 1. The third-order valence-electron chi connectivity index (χ3n) is 3.36. The number of hydrogen-bond donors (Lipinski definition) is 1. The molecule has 1 heterocycles. The lowest BCUT2D eigenvalue weighted by Gasteiger charge is -2.34. The Balaban J connectivity index is 1.93. The van der Waals surface area contributed by atoms with Crippen molar-refractivity contribution >= 4 is 35.4 Å². The fraction of sp³-hybridized carbons (Fsp3) is 0.467. The minimum absolute atomic E-state index is 0.000583. The van der Waals surface area contributed by atoms with E-state index in [4.69, 9.17) is 9.84 Å². The van der Waals surface area contributed by atoms with Crippen molar-refractivity contribution in [1.29, 1.82) is 0 Å². The van der Waals surface area contributed by atoms with Gasteiger partial charge in [-0.05, 0) is 18.2 Å². The number of carboxylic acid groups (broad SMARTS) is 1. The van der Waals surface area contributed by atoms with Gasteiger partial charge in [-0.1, -0.05) is 6.07 Å². The van der Waals surface area contributed by atoms with E-state index >= 15 is 0 Å². The maximum absolute atomic E-state index is 12.4. The van der Waals surface area contributed by atoms with Crippen molar-refractivity contribution in [2.45, 2.75) is 17.4 Å². The fourth-order valence-corrected chi connectivity index (χ4v) is 4.17. The Morgan fingerprint density at radius 2 is 2.32 bits per heavy atom. The van der Waals surface area contributed by atoms with Gasteiger partial charge in [0.1, 0.15) is 5.75 Å². The number of ether oxygens (including phenoxy) is 1. The number of hydrogen-bond acceptors (Lipinski definition) is 5. The highest BCUT2D eigenvalue weighted by Gasteiger charge is 2.28. The van der Waals surface area contributed by atoms with E-state index in [1.807, 2.05) is 24.3 Å². The second kappa shape index (κ2) is 8.33. The van der Waals surface area contributed by atoms with Crippen molar-refractivity contribution in [3.05, 3.63) is 24.3 Å². The number of thioether (sulfide) groups is 2. The van der Waals surface area contributed by atoms with Gasteiger partial charge in [0.15, 0.2) is 0 Å². The fourth-order valence-electron chi connectivity index (χ4n) is 2.27. The number of nitrogens with zero attached hydrogens (tertiary/aromatic N) is 1. The van der Waals surface area contributed by atoms with Crippen LogP contribution in [0.4, 0.5) is 0 Å². The van der Waals surface area contributed by atoms with Crippen LogP contribution in [0.2, 0.25) is 0 Å². The summed E-state index contributed by atoms with van der Waals surface area (Å²) in [5.41, 5.74) is 0. The quantitative estimate of drug-likeness (QED) is 0.800. The van der Waals surface area contributed by atoms with Crippen LogP contribution < -0.4 is 4.74 Å². The largest absolute Gasteiger partial charge is 0.497 e. The number of rotatable bonds is 6. The third kappa shape index (κ3) is 4.84. The third-order valence-corrected chi connectivity index (χ3v) is 5.43. The molecule has 0 aromatic heterocycles. The van der Waals surface area contributed by atoms with Gasteiger partial charge >= 0.3 is 5.97 Å². The van der Waals surface area contributed by atoms with E-state index in [-0.39, 0.29) is 18.4 Å². The van der Waals surface area contributed by atoms with Crippen LogP contribution in [-0.2, 0) is 9.59 Å². The molecule has 7 heteroatoms. The predicted molar refractivity (Wildman–Crippen MR) is 88.8 cm³/mol. The summed E-state index contributed by atoms with van der Waals surface area (Å²) in [6.45, 7) is 0.625. The average Bonchev–Trinajstić information content (AvgIpc) is 2.53. The molecule has 1 N–H and O–H groups in total. The summed E-state index contributed by atoms with van der Waals surface area (Å²) in [6.07, 6.45) is 0.0164. The lowest BCUT2D eigenvalue weighted by molar-refractivity contribution is -0.139. The van der Waals surface area contributed by atoms with Crippen molar-refractivity contribution in [1.82, 2.24) is 4.90 Å². The Bertz CT molecular complexity index is 538. The second-order valence-corrected chi connectivity index (χ2v) is 7.08. The van der Waals surface area contributed by atoms with Crippen LogP contribution in [-0.4, -0.2) is 58.8 Å². The number of methoxy groups -OCH3 is 1. The van der Waals surface area contributed by atoms with E-state index in [0.29, 0.717) is 18.1 Å². The number of carbonyl (C=O) groups excluding carboxylic acids is 1. The molecule has 0 spiro atoms. The van der Waals surface area contributed by atoms with E-state index < -0.39 is 5.97 Å². The van der Waals surface area contributed by atoms with E-state index in [2.05, 4.69) is 0 Å². The molecular weight excluding hydrogens is 322 g/mol. The lowest BCUT2D eigenvalue weighted by atomic mass is 10.2. The molecule has 1 fully saturated rings. The zero-order chi connectivity index (χ0) is 15.9. The molecule has 2 rings (SSSR count). The molecule has 1 unspecified atom stereocenters. The molecule has 1 aromatic carbocycles. The van der Waals surface area contributed by atoms with E-state index in [0.717, 1.165) is 16.4 Å². The van der Waals surface area contributed by atoms with Crippen molar-refractivity contribution in [2.24, 2.45) is 0 Å². The first-order valence-electron chi connectivity index (χ1n) is 6.96. The topological polar surface area (TPSA) is 66.8 Å². The molecule has 1 aliphatic heterocycles. The van der Waals surface area contributed by atoms with Crippen molar-refractivity contribution < 1.29 is 19.4 Å². The van der Waals surface area contributed by atoms with Gasteiger partial charge in [-0.3, -0.25) is 9.59 Å². The van der Waals surface area contributed by atoms with Gasteiger partial charge in [0.2, 0.25) is 5.91 Å². The Kier molecular flexibility index (Phi) is 6.45. The number of carboxylic acids is 1. The van der Waals surface area contributed by atoms with Gasteiger partial charge in [-0.25, -0.2) is 0 Å². The summed E-state index contributed by atoms with van der Waals surface area (Å²) in [6, 6.07) is 7.36. The van der Waals surface area contributed by atoms with Crippen LogP contribution in [0.5, 0.6) is 5.75 Å². The van der Waals surface area contributed by atoms with Crippen LogP contribution >= 0.6 is 23.5 Å². The molecule has 0 aliphatic carbocycles. The zero-order valence-electron chi connectivity index (χ0n) is 12.4. The van der Waals surface area contributed by atoms with Crippen LogP contribution in [0, 0.1) is 0 Å². The van der Waals surface area contributed by atoms with Gasteiger partial charge in [0.25, 0.3) is 0 Å². The summed E-state index contributed by atoms with van der Waals surface area (Å²) >= 11 is 3.15. The SMILES string of the molecule is COc1cccc(SCC(=O)N2CCSCC2CC(=O)O)c1. The Labute approximate surface area is 138 Å². The highest BCUT2D eigenvalue weighted by Crippen LogP contribution is 2.25. The highest BCUT2D eigenvalue weighted by atomic mass is 32.2. The Morgan fingerprint density at radius 1 is 1.50 bits per heavy atom. The van der Waals surface area contributed by atoms with E-state index in [1.54, 1.807) is 23.8 Å². The summed E-state index contributed by atoms with van der Waals surface area (Å²) < 4.78 is 5.16. The molecule has 1 atom stereocenters. The second-order valence-electron chi connectivity index (χ2n) is 4.88. The normalized spacial score (nSPS) is 18.0. The van der Waals surface area contributed by atoms with Crippen LogP contribution in [0.1, 0.15) is 6.42 Å². The minimum atomic E-state index is -0.856. The summed E-state index contributed by atoms with van der Waals surface area (Å²) in [7, 11) is 1.61. The van der Waals surface area contributed by atoms with Gasteiger partial charge < -0.3 is 14.7 Å². The van der Waals surface area contributed by atoms with Crippen LogP contribution in [0.3, 0.4) is 0 Å². The van der Waals surface area contributed by atoms with Gasteiger partial charge in [0, 0.05) is 22.9 Å². The first-order valence-corrected chi connectivity index (χ1v) is 9.10. The lowest BCUT2D eigenvalue weighted by Crippen LogP contribution is -2.47. The van der Waals surface area contributed by atoms with Crippen LogP contribution in [0.15, 0.2) is 29.2 Å². The van der Waals surface area contributed by atoms with E-state index in [9.17, 15) is 9.59 Å². The first kappa shape index (κ1) is 17.0. The molecule has 0 bridgehead atoms. The van der Waals surface area contributed by atoms with Gasteiger partial charge in [0.05, 0.1) is 25.3 Å². The molecule has 22 heavy (non-hydrogen) atoms. The van der Waals surface area contributed by atoms with E-state index in [1.165, 1.54) is 11.8 Å². The van der Waals surface area contributed by atoms with Crippen molar-refractivity contribution in [2.75, 3.05) is 30.9 Å². The molecule has 120 valence electrons. The molecule has 0 saturated carbocycles. The summed E-state index contributed by atoms with van der Waals surface area (Å²) in [5, 5.41) is 8.96. The predicted octanol–water partition coefficient (Wildman–Crippen LogP) is 2.21. The number of aliphatic carboxylic acids is 1. The standard InChI is InChI=1S/C15H19NO4S2/c1-20-12-3-2-4-13(8-12)22-10-14(17)16-5-6-21-9-11(16)7-15(18)19/h2-4,8,11H,5-7,9-10H2,1H3,(H,18,19). The minimum Gasteiger partial charge on any atom is -0.497 e. The summed E-state index contributed by atoms with van der Waals surface area (Å²) in [4.78, 5) is 26.0. The molecule has 1 amide bonds. The average molecular weight is 341 g/mol. The molecule has 5 nitrogen and oxygen atoms in total. The summed E-state index contributed by atoms with van der Waals surface area (Å²) in [5.74, 6) is 1.78. The highest BCUT2D eigenvalue weighted by molar-refractivity contribution is 8.00. The maximum Gasteiger partial charge on any atom is 0.305 e. The smallest absolute Gasteiger partial charge is 0.305 e. The van der Waals surface area contributed by atoms with Gasteiger partial charge in [-0.15, -0.1) is 11.8 Å². The maximum atomic E-state index is 12.4. The monoisotopic (exact) mass is 341 g/mol. The molecule has 1 saturated heterocycles. The molecule has 0 radical (unpaired) electrons. The van der Waals surface area contributed by atoms with Gasteiger partial charge in [-0.2, -0.15) is 11.8 Å². The number of carbonyl (C=O) groups is 2. The van der Waals surface area contributed by atoms with Crippen molar-refractivity contribution in [3.63, 3.8) is 0 Å².